The quantitative estimate of drug-likeness (QED) is 0.745. The average Bonchev–Trinajstić information content (AvgIpc) is 2.81. The summed E-state index contributed by atoms with van der Waals surface area (Å²) in [6.07, 6.45) is 2.48. The molecule has 0 bridgehead atoms. The van der Waals surface area contributed by atoms with Gasteiger partial charge in [0.2, 0.25) is 5.88 Å². The van der Waals surface area contributed by atoms with Crippen molar-refractivity contribution in [1.82, 2.24) is 14.7 Å². The van der Waals surface area contributed by atoms with Gasteiger partial charge < -0.3 is 15.5 Å². The van der Waals surface area contributed by atoms with Gasteiger partial charge in [0.25, 0.3) is 11.5 Å². The van der Waals surface area contributed by atoms with Crippen molar-refractivity contribution >= 4 is 28.2 Å². The number of nitrogens with zero attached hydrogens (tertiary/aromatic N) is 2. The minimum absolute atomic E-state index is 0.349. The molecule has 9 heteroatoms. The van der Waals surface area contributed by atoms with E-state index in [9.17, 15) is 19.5 Å². The average molecular weight is 337 g/mol. The third-order valence-electron chi connectivity index (χ3n) is 3.87. The highest BCUT2D eigenvalue weighted by Gasteiger charge is 2.26. The van der Waals surface area contributed by atoms with Crippen LogP contribution in [0.3, 0.4) is 0 Å². The number of hydrogen-bond donors (Lipinski definition) is 3. The maximum absolute atomic E-state index is 12.6. The summed E-state index contributed by atoms with van der Waals surface area (Å²) in [4.78, 5) is 40.5. The second-order valence-electron chi connectivity index (χ2n) is 5.63. The third kappa shape index (κ3) is 2.67. The maximum Gasteiger partial charge on any atom is 0.322 e. The van der Waals surface area contributed by atoms with Gasteiger partial charge in [-0.15, -0.1) is 11.3 Å². The van der Waals surface area contributed by atoms with Gasteiger partial charge in [0, 0.05) is 10.6 Å². The first-order valence-corrected chi connectivity index (χ1v) is 7.96. The third-order valence-corrected chi connectivity index (χ3v) is 4.98. The van der Waals surface area contributed by atoms with Crippen molar-refractivity contribution in [2.45, 2.75) is 26.2 Å². The summed E-state index contributed by atoms with van der Waals surface area (Å²) in [5.74, 6) is -2.35. The summed E-state index contributed by atoms with van der Waals surface area (Å²) in [6, 6.07) is 0. The predicted octanol–water partition coefficient (Wildman–Crippen LogP) is 0.401. The largest absolute Gasteiger partial charge is 0.492 e. The zero-order chi connectivity index (χ0) is 16.7. The van der Waals surface area contributed by atoms with E-state index in [1.807, 2.05) is 0 Å². The molecule has 1 aliphatic rings. The number of rotatable bonds is 3. The first kappa shape index (κ1) is 15.5. The Morgan fingerprint density at radius 2 is 2.22 bits per heavy atom. The molecule has 1 unspecified atom stereocenters. The molecule has 8 nitrogen and oxygen atoms in total. The Kier molecular flexibility index (Phi) is 3.80. The van der Waals surface area contributed by atoms with Crippen LogP contribution in [-0.4, -0.2) is 38.0 Å². The predicted molar refractivity (Wildman–Crippen MR) is 82.2 cm³/mol. The Labute approximate surface area is 134 Å². The summed E-state index contributed by atoms with van der Waals surface area (Å²) < 4.78 is 1.36. The van der Waals surface area contributed by atoms with Gasteiger partial charge in [-0.05, 0) is 25.2 Å². The Balaban J connectivity index is 2.12. The van der Waals surface area contributed by atoms with Crippen molar-refractivity contribution in [3.8, 4) is 5.88 Å². The number of amides is 1. The smallest absolute Gasteiger partial charge is 0.322 e. The van der Waals surface area contributed by atoms with E-state index >= 15 is 0 Å². The van der Waals surface area contributed by atoms with Crippen molar-refractivity contribution in [1.29, 1.82) is 0 Å². The lowest BCUT2D eigenvalue weighted by atomic mass is 9.93. The molecular weight excluding hydrogens is 322 g/mol. The van der Waals surface area contributed by atoms with E-state index in [-0.39, 0.29) is 0 Å². The number of aromatic hydroxyl groups is 1. The first-order chi connectivity index (χ1) is 10.9. The monoisotopic (exact) mass is 337 g/mol. The molecular formula is C14H15N3O5S. The second kappa shape index (κ2) is 5.65. The number of carboxylic acid groups (broad SMARTS) is 1. The fourth-order valence-electron chi connectivity index (χ4n) is 2.75. The Hall–Kier alpha value is -2.42. The Morgan fingerprint density at radius 1 is 1.48 bits per heavy atom. The Morgan fingerprint density at radius 3 is 2.91 bits per heavy atom. The van der Waals surface area contributed by atoms with E-state index in [1.54, 1.807) is 0 Å². The fourth-order valence-corrected chi connectivity index (χ4v) is 4.06. The molecule has 0 aliphatic heterocycles. The number of nitrogens with one attached hydrogen (secondary N) is 1. The molecule has 3 N–H and O–H groups in total. The number of thiazole rings is 1. The normalized spacial score (nSPS) is 17.0. The lowest BCUT2D eigenvalue weighted by Crippen LogP contribution is -2.35. The minimum atomic E-state index is -1.24. The van der Waals surface area contributed by atoms with Crippen LogP contribution < -0.4 is 10.9 Å². The molecule has 1 aliphatic carbocycles. The van der Waals surface area contributed by atoms with Gasteiger partial charge in [-0.2, -0.15) is 4.98 Å². The topological polar surface area (TPSA) is 121 Å². The van der Waals surface area contributed by atoms with Crippen LogP contribution in [0.25, 0.3) is 4.96 Å². The highest BCUT2D eigenvalue weighted by atomic mass is 32.1. The van der Waals surface area contributed by atoms with Crippen LogP contribution in [0, 0.1) is 5.92 Å². The molecule has 2 aromatic rings. The summed E-state index contributed by atoms with van der Waals surface area (Å²) in [5.41, 5.74) is -0.363. The molecule has 23 heavy (non-hydrogen) atoms. The molecule has 2 aromatic heterocycles. The molecule has 1 amide bonds. The summed E-state index contributed by atoms with van der Waals surface area (Å²) >= 11 is 1.34. The molecule has 3 rings (SSSR count). The van der Waals surface area contributed by atoms with Gasteiger partial charge in [0.1, 0.15) is 6.54 Å². The van der Waals surface area contributed by atoms with Crippen LogP contribution in [-0.2, 0) is 17.6 Å². The van der Waals surface area contributed by atoms with E-state index in [0.717, 1.165) is 23.4 Å². The Bertz CT molecular complexity index is 869. The van der Waals surface area contributed by atoms with Crippen LogP contribution in [0.4, 0.5) is 0 Å². The van der Waals surface area contributed by atoms with Crippen LogP contribution in [0.2, 0.25) is 0 Å². The van der Waals surface area contributed by atoms with E-state index < -0.39 is 35.4 Å². The van der Waals surface area contributed by atoms with Crippen molar-refractivity contribution in [2.75, 3.05) is 6.54 Å². The highest BCUT2D eigenvalue weighted by Crippen LogP contribution is 2.31. The maximum atomic E-state index is 12.6. The van der Waals surface area contributed by atoms with Crippen LogP contribution in [0.15, 0.2) is 4.79 Å². The lowest BCUT2D eigenvalue weighted by molar-refractivity contribution is -0.135. The molecule has 0 radical (unpaired) electrons. The summed E-state index contributed by atoms with van der Waals surface area (Å²) in [6.45, 7) is 1.49. The SMILES string of the molecule is CC1CCc2c(sc3nc(O)c(C(=O)NCC(=O)O)c(=O)n23)C1. The van der Waals surface area contributed by atoms with Gasteiger partial charge in [0.05, 0.1) is 0 Å². The van der Waals surface area contributed by atoms with E-state index in [1.165, 1.54) is 15.7 Å². The second-order valence-corrected chi connectivity index (χ2v) is 6.69. The molecule has 0 saturated carbocycles. The van der Waals surface area contributed by atoms with Crippen LogP contribution >= 0.6 is 11.3 Å². The molecule has 2 heterocycles. The number of carbonyl (C=O) groups excluding carboxylic acids is 1. The van der Waals surface area contributed by atoms with Gasteiger partial charge in [-0.25, -0.2) is 0 Å². The van der Waals surface area contributed by atoms with Gasteiger partial charge >= 0.3 is 5.97 Å². The number of aliphatic carboxylic acids is 1. The summed E-state index contributed by atoms with van der Waals surface area (Å²) in [5, 5.41) is 20.6. The van der Waals surface area contributed by atoms with Gasteiger partial charge in [0.15, 0.2) is 10.5 Å². The number of fused-ring (bicyclic) bond motifs is 3. The van der Waals surface area contributed by atoms with E-state index in [0.29, 0.717) is 17.3 Å². The molecule has 0 fully saturated rings. The molecule has 0 aromatic carbocycles. The number of hydrogen-bond acceptors (Lipinski definition) is 6. The van der Waals surface area contributed by atoms with Crippen LogP contribution in [0.5, 0.6) is 5.88 Å². The number of aromatic nitrogens is 2. The highest BCUT2D eigenvalue weighted by molar-refractivity contribution is 7.17. The molecule has 0 saturated heterocycles. The summed E-state index contributed by atoms with van der Waals surface area (Å²) in [7, 11) is 0. The van der Waals surface area contributed by atoms with Crippen molar-refractivity contribution in [3.05, 3.63) is 26.5 Å². The van der Waals surface area contributed by atoms with Gasteiger partial charge in [-0.3, -0.25) is 18.8 Å². The van der Waals surface area contributed by atoms with Crippen molar-refractivity contribution in [2.24, 2.45) is 5.92 Å². The van der Waals surface area contributed by atoms with Crippen LogP contribution in [0.1, 0.15) is 34.3 Å². The number of aryl methyl sites for hydroxylation is 1. The van der Waals surface area contributed by atoms with E-state index in [4.69, 9.17) is 5.11 Å². The zero-order valence-corrected chi connectivity index (χ0v) is 13.1. The van der Waals surface area contributed by atoms with Crippen molar-refractivity contribution in [3.63, 3.8) is 0 Å². The minimum Gasteiger partial charge on any atom is -0.492 e. The lowest BCUT2D eigenvalue weighted by Gasteiger charge is -2.17. The molecule has 122 valence electrons. The molecule has 1 atom stereocenters. The zero-order valence-electron chi connectivity index (χ0n) is 12.3. The first-order valence-electron chi connectivity index (χ1n) is 7.14. The van der Waals surface area contributed by atoms with Gasteiger partial charge in [-0.1, -0.05) is 6.92 Å². The standard InChI is InChI=1S/C14H15N3O5S/c1-6-2-3-7-8(4-6)23-14-16-12(21)10(13(22)17(7)14)11(20)15-5-9(18)19/h6,21H,2-5H2,1H3,(H,15,20)(H,18,19). The number of carbonyl (C=O) groups is 2. The molecule has 0 spiro atoms. The fraction of sp³-hybridized carbons (Fsp3) is 0.429. The van der Waals surface area contributed by atoms with Crippen molar-refractivity contribution < 1.29 is 19.8 Å². The number of carboxylic acids is 1. The van der Waals surface area contributed by atoms with E-state index in [2.05, 4.69) is 17.2 Å².